The quantitative estimate of drug-likeness (QED) is 0.809. The first-order chi connectivity index (χ1) is 10.5. The van der Waals surface area contributed by atoms with Crippen molar-refractivity contribution in [2.75, 3.05) is 25.9 Å². The van der Waals surface area contributed by atoms with E-state index in [9.17, 15) is 13.2 Å². The number of piperidine rings is 1. The third-order valence-corrected chi connectivity index (χ3v) is 5.81. The Balaban J connectivity index is 1.72. The lowest BCUT2D eigenvalue weighted by Gasteiger charge is -2.35. The van der Waals surface area contributed by atoms with Crippen LogP contribution >= 0.6 is 0 Å². The fourth-order valence-corrected chi connectivity index (χ4v) is 4.58. The highest BCUT2D eigenvalue weighted by atomic mass is 32.2. The normalized spacial score (nSPS) is 27.2. The summed E-state index contributed by atoms with van der Waals surface area (Å²) in [5, 5.41) is 4.26. The molecule has 22 heavy (non-hydrogen) atoms. The summed E-state index contributed by atoms with van der Waals surface area (Å²) in [4.78, 5) is 14.6. The zero-order valence-corrected chi connectivity index (χ0v) is 13.6. The van der Waals surface area contributed by atoms with Crippen molar-refractivity contribution < 1.29 is 13.2 Å². The summed E-state index contributed by atoms with van der Waals surface area (Å²) in [6, 6.07) is 1.54. The Hall–Kier alpha value is -1.41. The highest BCUT2D eigenvalue weighted by molar-refractivity contribution is 7.88. The van der Waals surface area contributed by atoms with Crippen LogP contribution in [0.15, 0.2) is 18.5 Å². The van der Waals surface area contributed by atoms with Gasteiger partial charge in [-0.05, 0) is 31.7 Å². The Morgan fingerprint density at radius 1 is 1.23 bits per heavy atom. The molecule has 0 unspecified atom stereocenters. The average molecular weight is 326 g/mol. The van der Waals surface area contributed by atoms with Crippen LogP contribution < -0.4 is 0 Å². The SMILES string of the molecule is CS(=O)(=O)N1CCC[C@@H]1C(=O)N1CCC[C@@H](n2cccn2)C1. The first-order valence-corrected chi connectivity index (χ1v) is 9.56. The van der Waals surface area contributed by atoms with Crippen LogP contribution in [-0.2, 0) is 14.8 Å². The van der Waals surface area contributed by atoms with E-state index in [1.165, 1.54) is 10.6 Å². The summed E-state index contributed by atoms with van der Waals surface area (Å²) in [5.74, 6) is -0.0558. The molecule has 3 rings (SSSR count). The molecular formula is C14H22N4O3S. The summed E-state index contributed by atoms with van der Waals surface area (Å²) >= 11 is 0. The second kappa shape index (κ2) is 6.00. The number of nitrogens with zero attached hydrogens (tertiary/aromatic N) is 4. The van der Waals surface area contributed by atoms with Crippen molar-refractivity contribution >= 4 is 15.9 Å². The van der Waals surface area contributed by atoms with Gasteiger partial charge in [0.25, 0.3) is 0 Å². The maximum absolute atomic E-state index is 12.8. The van der Waals surface area contributed by atoms with Gasteiger partial charge in [0.15, 0.2) is 0 Å². The molecule has 0 aromatic carbocycles. The predicted molar refractivity (Wildman–Crippen MR) is 81.6 cm³/mol. The van der Waals surface area contributed by atoms with E-state index in [4.69, 9.17) is 0 Å². The van der Waals surface area contributed by atoms with Gasteiger partial charge in [-0.1, -0.05) is 0 Å². The topological polar surface area (TPSA) is 75.5 Å². The minimum atomic E-state index is -3.32. The smallest absolute Gasteiger partial charge is 0.241 e. The van der Waals surface area contributed by atoms with Crippen molar-refractivity contribution in [1.29, 1.82) is 0 Å². The molecule has 1 aromatic rings. The van der Waals surface area contributed by atoms with Gasteiger partial charge in [0.2, 0.25) is 15.9 Å². The highest BCUT2D eigenvalue weighted by Gasteiger charge is 2.39. The largest absolute Gasteiger partial charge is 0.339 e. The van der Waals surface area contributed by atoms with Crippen molar-refractivity contribution in [2.24, 2.45) is 0 Å². The fraction of sp³-hybridized carbons (Fsp3) is 0.714. The van der Waals surface area contributed by atoms with Crippen LogP contribution in [0.3, 0.4) is 0 Å². The van der Waals surface area contributed by atoms with Crippen LogP contribution in [0.2, 0.25) is 0 Å². The monoisotopic (exact) mass is 326 g/mol. The molecule has 2 fully saturated rings. The highest BCUT2D eigenvalue weighted by Crippen LogP contribution is 2.26. The second-order valence-corrected chi connectivity index (χ2v) is 8.03. The third kappa shape index (κ3) is 3.03. The van der Waals surface area contributed by atoms with Gasteiger partial charge in [-0.2, -0.15) is 9.40 Å². The lowest BCUT2D eigenvalue weighted by Crippen LogP contribution is -2.50. The number of hydrogen-bond acceptors (Lipinski definition) is 4. The van der Waals surface area contributed by atoms with Crippen molar-refractivity contribution in [2.45, 2.75) is 37.8 Å². The Kier molecular flexibility index (Phi) is 4.22. The molecule has 1 amide bonds. The molecule has 0 saturated carbocycles. The molecule has 8 heteroatoms. The molecule has 3 heterocycles. The zero-order valence-electron chi connectivity index (χ0n) is 12.8. The molecule has 0 radical (unpaired) electrons. The molecule has 0 bridgehead atoms. The molecule has 1 aromatic heterocycles. The Morgan fingerprint density at radius 3 is 2.68 bits per heavy atom. The predicted octanol–water partition coefficient (Wildman–Crippen LogP) is 0.471. The number of amides is 1. The Morgan fingerprint density at radius 2 is 2.00 bits per heavy atom. The van der Waals surface area contributed by atoms with Crippen molar-refractivity contribution in [1.82, 2.24) is 19.0 Å². The first-order valence-electron chi connectivity index (χ1n) is 7.71. The van der Waals surface area contributed by atoms with Crippen LogP contribution in [0.25, 0.3) is 0 Å². The summed E-state index contributed by atoms with van der Waals surface area (Å²) in [6.07, 6.45) is 8.12. The fourth-order valence-electron chi connectivity index (χ4n) is 3.46. The molecular weight excluding hydrogens is 304 g/mol. The van der Waals surface area contributed by atoms with Crippen LogP contribution in [0.4, 0.5) is 0 Å². The standard InChI is InChI=1S/C14H22N4O3S/c1-22(20,21)18-10-3-6-13(18)14(19)16-8-2-5-12(11-16)17-9-4-7-15-17/h4,7,9,12-13H,2-3,5-6,8,10-11H2,1H3/t12-,13-/m1/s1. The molecule has 0 aliphatic carbocycles. The zero-order chi connectivity index (χ0) is 15.7. The number of likely N-dealkylation sites (tertiary alicyclic amines) is 1. The van der Waals surface area contributed by atoms with Crippen molar-refractivity contribution in [3.63, 3.8) is 0 Å². The van der Waals surface area contributed by atoms with E-state index >= 15 is 0 Å². The lowest BCUT2D eigenvalue weighted by molar-refractivity contribution is -0.136. The molecule has 2 aliphatic heterocycles. The number of aromatic nitrogens is 2. The molecule has 0 spiro atoms. The Bertz CT molecular complexity index is 629. The van der Waals surface area contributed by atoms with E-state index in [2.05, 4.69) is 5.10 Å². The number of carbonyl (C=O) groups excluding carboxylic acids is 1. The molecule has 122 valence electrons. The maximum Gasteiger partial charge on any atom is 0.241 e. The first kappa shape index (κ1) is 15.5. The van der Waals surface area contributed by atoms with E-state index < -0.39 is 16.1 Å². The van der Waals surface area contributed by atoms with E-state index in [-0.39, 0.29) is 11.9 Å². The van der Waals surface area contributed by atoms with Gasteiger partial charge in [-0.3, -0.25) is 9.48 Å². The summed E-state index contributed by atoms with van der Waals surface area (Å²) < 4.78 is 26.9. The molecule has 2 saturated heterocycles. The molecule has 0 N–H and O–H groups in total. The van der Waals surface area contributed by atoms with Crippen LogP contribution in [-0.4, -0.2) is 65.2 Å². The van der Waals surface area contributed by atoms with Gasteiger partial charge in [-0.25, -0.2) is 8.42 Å². The number of carbonyl (C=O) groups is 1. The number of hydrogen-bond donors (Lipinski definition) is 0. The van der Waals surface area contributed by atoms with Crippen LogP contribution in [0, 0.1) is 0 Å². The van der Waals surface area contributed by atoms with Crippen molar-refractivity contribution in [3.8, 4) is 0 Å². The molecule has 2 atom stereocenters. The molecule has 2 aliphatic rings. The van der Waals surface area contributed by atoms with E-state index in [1.807, 2.05) is 21.8 Å². The maximum atomic E-state index is 12.8. The third-order valence-electron chi connectivity index (χ3n) is 4.52. The summed E-state index contributed by atoms with van der Waals surface area (Å²) in [6.45, 7) is 1.75. The van der Waals surface area contributed by atoms with Crippen LogP contribution in [0.1, 0.15) is 31.7 Å². The Labute approximate surface area is 130 Å². The van der Waals surface area contributed by atoms with E-state index in [1.54, 1.807) is 6.20 Å². The minimum absolute atomic E-state index is 0.0558. The van der Waals surface area contributed by atoms with Gasteiger partial charge < -0.3 is 4.90 Å². The lowest BCUT2D eigenvalue weighted by atomic mass is 10.0. The van der Waals surface area contributed by atoms with E-state index in [0.29, 0.717) is 26.1 Å². The number of rotatable bonds is 3. The van der Waals surface area contributed by atoms with Gasteiger partial charge in [0, 0.05) is 32.0 Å². The minimum Gasteiger partial charge on any atom is -0.339 e. The van der Waals surface area contributed by atoms with Crippen LogP contribution in [0.5, 0.6) is 0 Å². The van der Waals surface area contributed by atoms with Gasteiger partial charge in [0.1, 0.15) is 6.04 Å². The van der Waals surface area contributed by atoms with Gasteiger partial charge >= 0.3 is 0 Å². The summed E-state index contributed by atoms with van der Waals surface area (Å²) in [5.41, 5.74) is 0. The molecule has 7 nitrogen and oxygen atoms in total. The average Bonchev–Trinajstić information content (AvgIpc) is 3.17. The van der Waals surface area contributed by atoms with Crippen molar-refractivity contribution in [3.05, 3.63) is 18.5 Å². The summed E-state index contributed by atoms with van der Waals surface area (Å²) in [7, 11) is -3.32. The number of sulfonamides is 1. The van der Waals surface area contributed by atoms with Gasteiger partial charge in [0.05, 0.1) is 12.3 Å². The van der Waals surface area contributed by atoms with E-state index in [0.717, 1.165) is 19.3 Å². The second-order valence-electron chi connectivity index (χ2n) is 6.10. The van der Waals surface area contributed by atoms with Gasteiger partial charge in [-0.15, -0.1) is 0 Å².